The molecule has 0 aliphatic heterocycles. The van der Waals surface area contributed by atoms with E-state index in [1.54, 1.807) is 12.1 Å². The molecule has 1 aromatic carbocycles. The van der Waals surface area contributed by atoms with Crippen LogP contribution in [0.3, 0.4) is 0 Å². The van der Waals surface area contributed by atoms with Crippen molar-refractivity contribution in [1.29, 1.82) is 0 Å². The summed E-state index contributed by atoms with van der Waals surface area (Å²) in [6, 6.07) is 4.65. The van der Waals surface area contributed by atoms with Crippen LogP contribution in [-0.2, 0) is 0 Å². The summed E-state index contributed by atoms with van der Waals surface area (Å²) in [5.41, 5.74) is 7.93. The number of hydrogen-bond donors (Lipinski definition) is 1. The molecule has 2 N–H and O–H groups in total. The number of alkyl halides is 3. The van der Waals surface area contributed by atoms with Crippen molar-refractivity contribution in [3.8, 4) is 0 Å². The summed E-state index contributed by atoms with van der Waals surface area (Å²) in [5.74, 6) is 0.118. The third kappa shape index (κ3) is 2.42. The highest BCUT2D eigenvalue weighted by Gasteiger charge is 2.31. The predicted octanol–water partition coefficient (Wildman–Crippen LogP) is 3.44. The van der Waals surface area contributed by atoms with Crippen molar-refractivity contribution in [3.63, 3.8) is 0 Å². The van der Waals surface area contributed by atoms with Gasteiger partial charge < -0.3 is 10.3 Å². The second kappa shape index (κ2) is 4.19. The topological polar surface area (TPSA) is 43.8 Å². The molecule has 0 aliphatic rings. The number of anilines is 1. The summed E-state index contributed by atoms with van der Waals surface area (Å²) >= 11 is 0. The molecule has 18 heavy (non-hydrogen) atoms. The van der Waals surface area contributed by atoms with E-state index in [0.717, 1.165) is 5.56 Å². The molecule has 0 radical (unpaired) electrons. The van der Waals surface area contributed by atoms with Gasteiger partial charge in [0.05, 0.1) is 17.5 Å². The molecule has 0 saturated carbocycles. The number of nitrogen functional groups attached to an aromatic ring is 1. The molecular weight excluding hydrogens is 243 g/mol. The predicted molar refractivity (Wildman–Crippen MR) is 64.3 cm³/mol. The molecular formula is C12H14F3N3. The van der Waals surface area contributed by atoms with Gasteiger partial charge in [-0.3, -0.25) is 0 Å². The van der Waals surface area contributed by atoms with Gasteiger partial charge in [-0.1, -0.05) is 6.07 Å². The van der Waals surface area contributed by atoms with Crippen molar-refractivity contribution in [2.24, 2.45) is 0 Å². The summed E-state index contributed by atoms with van der Waals surface area (Å²) in [6.45, 7) is 3.37. The van der Waals surface area contributed by atoms with Crippen molar-refractivity contribution in [2.45, 2.75) is 32.5 Å². The molecule has 98 valence electrons. The molecule has 6 heteroatoms. The lowest BCUT2D eigenvalue weighted by Gasteiger charge is -2.17. The standard InChI is InChI=1S/C12H14F3N3/c1-7-3-4-9-10(5-7)18(11(16)17-9)8(2)6-12(13,14)15/h3-5,8H,6H2,1-2H3,(H2,16,17). The number of fused-ring (bicyclic) bond motifs is 1. The minimum atomic E-state index is -4.22. The van der Waals surface area contributed by atoms with Crippen LogP contribution in [0.2, 0.25) is 0 Å². The molecule has 1 atom stereocenters. The van der Waals surface area contributed by atoms with Crippen LogP contribution in [0.1, 0.15) is 24.9 Å². The lowest BCUT2D eigenvalue weighted by atomic mass is 10.2. The second-order valence-corrected chi connectivity index (χ2v) is 4.50. The molecule has 0 bridgehead atoms. The lowest BCUT2D eigenvalue weighted by molar-refractivity contribution is -0.141. The molecule has 0 fully saturated rings. The molecule has 1 heterocycles. The van der Waals surface area contributed by atoms with Crippen LogP contribution in [0.15, 0.2) is 18.2 Å². The number of nitrogens with zero attached hydrogens (tertiary/aromatic N) is 2. The number of imidazole rings is 1. The minimum absolute atomic E-state index is 0.118. The third-order valence-electron chi connectivity index (χ3n) is 2.84. The number of aromatic nitrogens is 2. The SMILES string of the molecule is Cc1ccc2nc(N)n(C(C)CC(F)(F)F)c2c1. The molecule has 2 rings (SSSR count). The lowest BCUT2D eigenvalue weighted by Crippen LogP contribution is -2.17. The van der Waals surface area contributed by atoms with Crippen molar-refractivity contribution in [2.75, 3.05) is 5.73 Å². The van der Waals surface area contributed by atoms with Gasteiger partial charge in [-0.25, -0.2) is 4.98 Å². The summed E-state index contributed by atoms with van der Waals surface area (Å²) in [5, 5.41) is 0. The molecule has 1 unspecified atom stereocenters. The van der Waals surface area contributed by atoms with Crippen LogP contribution in [0.5, 0.6) is 0 Å². The Morgan fingerprint density at radius 3 is 2.67 bits per heavy atom. The van der Waals surface area contributed by atoms with Gasteiger partial charge in [0.15, 0.2) is 0 Å². The first kappa shape index (κ1) is 12.7. The number of hydrogen-bond acceptors (Lipinski definition) is 2. The van der Waals surface area contributed by atoms with Crippen molar-refractivity contribution < 1.29 is 13.2 Å². The normalized spacial score (nSPS) is 14.1. The van der Waals surface area contributed by atoms with Crippen molar-refractivity contribution in [1.82, 2.24) is 9.55 Å². The Hall–Kier alpha value is -1.72. The fraction of sp³-hybridized carbons (Fsp3) is 0.417. The summed E-state index contributed by atoms with van der Waals surface area (Å²) in [7, 11) is 0. The van der Waals surface area contributed by atoms with Gasteiger partial charge >= 0.3 is 6.18 Å². The summed E-state index contributed by atoms with van der Waals surface area (Å²) in [6.07, 6.45) is -5.14. The maximum atomic E-state index is 12.4. The zero-order chi connectivity index (χ0) is 13.5. The van der Waals surface area contributed by atoms with E-state index >= 15 is 0 Å². The maximum absolute atomic E-state index is 12.4. The average Bonchev–Trinajstić information content (AvgIpc) is 2.50. The van der Waals surface area contributed by atoms with Gasteiger partial charge in [0.1, 0.15) is 0 Å². The van der Waals surface area contributed by atoms with E-state index in [-0.39, 0.29) is 5.95 Å². The van der Waals surface area contributed by atoms with Crippen LogP contribution >= 0.6 is 0 Å². The Labute approximate surface area is 102 Å². The van der Waals surface area contributed by atoms with Gasteiger partial charge in [0.2, 0.25) is 5.95 Å². The zero-order valence-corrected chi connectivity index (χ0v) is 10.1. The van der Waals surface area contributed by atoms with Crippen molar-refractivity contribution >= 4 is 17.0 Å². The van der Waals surface area contributed by atoms with Gasteiger partial charge in [-0.15, -0.1) is 0 Å². The maximum Gasteiger partial charge on any atom is 0.391 e. The Morgan fingerprint density at radius 2 is 2.06 bits per heavy atom. The number of halogens is 3. The number of rotatable bonds is 2. The quantitative estimate of drug-likeness (QED) is 0.895. The Balaban J connectivity index is 2.49. The minimum Gasteiger partial charge on any atom is -0.369 e. The van der Waals surface area contributed by atoms with Crippen molar-refractivity contribution in [3.05, 3.63) is 23.8 Å². The second-order valence-electron chi connectivity index (χ2n) is 4.50. The Bertz CT molecular complexity index is 572. The third-order valence-corrected chi connectivity index (χ3v) is 2.84. The fourth-order valence-corrected chi connectivity index (χ4v) is 2.11. The molecule has 0 spiro atoms. The number of benzene rings is 1. The summed E-state index contributed by atoms with van der Waals surface area (Å²) < 4.78 is 38.7. The van der Waals surface area contributed by atoms with Crippen LogP contribution in [-0.4, -0.2) is 15.7 Å². The van der Waals surface area contributed by atoms with E-state index in [1.807, 2.05) is 13.0 Å². The summed E-state index contributed by atoms with van der Waals surface area (Å²) in [4.78, 5) is 4.08. The highest BCUT2D eigenvalue weighted by atomic mass is 19.4. The fourth-order valence-electron chi connectivity index (χ4n) is 2.11. The van der Waals surface area contributed by atoms with Crippen LogP contribution in [0, 0.1) is 6.92 Å². The molecule has 0 saturated heterocycles. The monoisotopic (exact) mass is 257 g/mol. The van der Waals surface area contributed by atoms with Gasteiger partial charge in [0.25, 0.3) is 0 Å². The largest absolute Gasteiger partial charge is 0.391 e. The smallest absolute Gasteiger partial charge is 0.369 e. The average molecular weight is 257 g/mol. The molecule has 0 aliphatic carbocycles. The van der Waals surface area contributed by atoms with Crippen LogP contribution < -0.4 is 5.73 Å². The molecule has 0 amide bonds. The van der Waals surface area contributed by atoms with E-state index in [2.05, 4.69) is 4.98 Å². The van der Waals surface area contributed by atoms with Gasteiger partial charge in [0, 0.05) is 6.04 Å². The van der Waals surface area contributed by atoms with E-state index in [1.165, 1.54) is 11.5 Å². The van der Waals surface area contributed by atoms with Crippen LogP contribution in [0.25, 0.3) is 11.0 Å². The Morgan fingerprint density at radius 1 is 1.39 bits per heavy atom. The molecule has 1 aromatic heterocycles. The van der Waals surface area contributed by atoms with Crippen LogP contribution in [0.4, 0.5) is 19.1 Å². The van der Waals surface area contributed by atoms with Gasteiger partial charge in [-0.2, -0.15) is 13.2 Å². The number of nitrogens with two attached hydrogens (primary N) is 1. The van der Waals surface area contributed by atoms with E-state index < -0.39 is 18.6 Å². The molecule has 2 aromatic rings. The Kier molecular flexibility index (Phi) is 2.96. The van der Waals surface area contributed by atoms with E-state index in [4.69, 9.17) is 5.73 Å². The molecule has 3 nitrogen and oxygen atoms in total. The zero-order valence-electron chi connectivity index (χ0n) is 10.1. The first-order valence-corrected chi connectivity index (χ1v) is 5.59. The first-order valence-electron chi connectivity index (χ1n) is 5.59. The van der Waals surface area contributed by atoms with E-state index in [0.29, 0.717) is 11.0 Å². The highest BCUT2D eigenvalue weighted by Crippen LogP contribution is 2.31. The first-order chi connectivity index (χ1) is 8.28. The number of aryl methyl sites for hydroxylation is 1. The van der Waals surface area contributed by atoms with Gasteiger partial charge in [-0.05, 0) is 31.5 Å². The highest BCUT2D eigenvalue weighted by molar-refractivity contribution is 5.79. The van der Waals surface area contributed by atoms with E-state index in [9.17, 15) is 13.2 Å².